The summed E-state index contributed by atoms with van der Waals surface area (Å²) in [6.45, 7) is 2.22. The fourth-order valence-corrected chi connectivity index (χ4v) is 5.49. The van der Waals surface area contributed by atoms with Gasteiger partial charge in [0.25, 0.3) is 0 Å². The number of halogens is 2. The molecule has 10 heteroatoms. The first-order valence-electron chi connectivity index (χ1n) is 8.82. The van der Waals surface area contributed by atoms with Gasteiger partial charge in [0.2, 0.25) is 5.91 Å². The molecule has 0 aliphatic carbocycles. The lowest BCUT2D eigenvalue weighted by Crippen LogP contribution is -2.47. The lowest BCUT2D eigenvalue weighted by molar-refractivity contribution is -0.123. The zero-order valence-electron chi connectivity index (χ0n) is 15.6. The van der Waals surface area contributed by atoms with Crippen LogP contribution in [0.25, 0.3) is 0 Å². The number of aromatic nitrogens is 2. The van der Waals surface area contributed by atoms with Crippen LogP contribution in [0, 0.1) is 0 Å². The predicted octanol–water partition coefficient (Wildman–Crippen LogP) is 2.38. The molecule has 1 aromatic heterocycles. The van der Waals surface area contributed by atoms with E-state index in [1.807, 2.05) is 11.8 Å². The molecule has 0 saturated carbocycles. The molecule has 3 rings (SSSR count). The van der Waals surface area contributed by atoms with E-state index >= 15 is 0 Å². The van der Waals surface area contributed by atoms with Gasteiger partial charge in [-0.2, -0.15) is 5.10 Å². The third-order valence-electron chi connectivity index (χ3n) is 4.80. The molecule has 1 fully saturated rings. The molecule has 1 aromatic carbocycles. The Hall–Kier alpha value is -1.61. The molecule has 28 heavy (non-hydrogen) atoms. The van der Waals surface area contributed by atoms with Crippen LogP contribution in [0.1, 0.15) is 30.1 Å². The molecule has 0 spiro atoms. The second-order valence-electron chi connectivity index (χ2n) is 7.00. The third kappa shape index (κ3) is 5.05. The number of sulfone groups is 1. The molecular weight excluding hydrogens is 423 g/mol. The first-order valence-corrected chi connectivity index (χ1v) is 11.4. The van der Waals surface area contributed by atoms with Gasteiger partial charge < -0.3 is 5.32 Å². The number of nitrogens with one attached hydrogen (secondary N) is 1. The van der Waals surface area contributed by atoms with Gasteiger partial charge in [-0.15, -0.1) is 0 Å². The fourth-order valence-electron chi connectivity index (χ4n) is 3.35. The second-order valence-corrected chi connectivity index (χ2v) is 10.1. The van der Waals surface area contributed by atoms with Gasteiger partial charge in [0.05, 0.1) is 36.3 Å². The van der Waals surface area contributed by atoms with E-state index in [1.165, 1.54) is 0 Å². The van der Waals surface area contributed by atoms with Crippen LogP contribution in [0.5, 0.6) is 0 Å². The third-order valence-corrected chi connectivity index (χ3v) is 7.00. The van der Waals surface area contributed by atoms with Gasteiger partial charge >= 0.3 is 0 Å². The van der Waals surface area contributed by atoms with E-state index in [0.717, 1.165) is 11.1 Å². The Morgan fingerprint density at radius 2 is 2.14 bits per heavy atom. The number of nitrogens with zero attached hydrogens (tertiary/aromatic N) is 3. The van der Waals surface area contributed by atoms with E-state index in [0.29, 0.717) is 16.6 Å². The SMILES string of the molecule is C[C@H](NC(=O)CN1CCS(=O)(=O)C[C@@H]1c1cnn(C)c1)c1ccc(Cl)cc1Cl. The topological polar surface area (TPSA) is 84.3 Å². The highest BCUT2D eigenvalue weighted by atomic mass is 35.5. The van der Waals surface area contributed by atoms with Crippen molar-refractivity contribution in [1.29, 1.82) is 0 Å². The van der Waals surface area contributed by atoms with Gasteiger partial charge in [-0.05, 0) is 24.6 Å². The van der Waals surface area contributed by atoms with Crippen molar-refractivity contribution in [3.8, 4) is 0 Å². The molecule has 1 aliphatic rings. The van der Waals surface area contributed by atoms with Crippen molar-refractivity contribution in [3.05, 3.63) is 51.8 Å². The highest BCUT2D eigenvalue weighted by molar-refractivity contribution is 7.91. The smallest absolute Gasteiger partial charge is 0.234 e. The molecule has 0 unspecified atom stereocenters. The molecule has 1 amide bonds. The molecule has 1 N–H and O–H groups in total. The maximum Gasteiger partial charge on any atom is 0.234 e. The number of carbonyl (C=O) groups is 1. The Labute approximate surface area is 174 Å². The minimum atomic E-state index is -3.16. The van der Waals surface area contributed by atoms with E-state index in [-0.39, 0.29) is 30.0 Å². The molecule has 2 aromatic rings. The van der Waals surface area contributed by atoms with E-state index < -0.39 is 15.9 Å². The maximum absolute atomic E-state index is 12.6. The van der Waals surface area contributed by atoms with Gasteiger partial charge in [-0.25, -0.2) is 8.42 Å². The van der Waals surface area contributed by atoms with E-state index in [2.05, 4.69) is 10.4 Å². The average Bonchev–Trinajstić information content (AvgIpc) is 3.02. The van der Waals surface area contributed by atoms with Crippen molar-refractivity contribution in [2.45, 2.75) is 19.0 Å². The predicted molar refractivity (Wildman–Crippen MR) is 109 cm³/mol. The zero-order chi connectivity index (χ0) is 20.5. The number of aryl methyl sites for hydroxylation is 1. The van der Waals surface area contributed by atoms with Crippen molar-refractivity contribution in [2.24, 2.45) is 7.05 Å². The van der Waals surface area contributed by atoms with Crippen LogP contribution in [0.15, 0.2) is 30.6 Å². The second kappa shape index (κ2) is 8.41. The summed E-state index contributed by atoms with van der Waals surface area (Å²) < 4.78 is 25.9. The minimum absolute atomic E-state index is 0.0233. The van der Waals surface area contributed by atoms with Crippen molar-refractivity contribution < 1.29 is 13.2 Å². The van der Waals surface area contributed by atoms with Gasteiger partial charge in [0.1, 0.15) is 0 Å². The summed E-state index contributed by atoms with van der Waals surface area (Å²) in [7, 11) is -1.38. The zero-order valence-corrected chi connectivity index (χ0v) is 17.9. The summed E-state index contributed by atoms with van der Waals surface area (Å²) >= 11 is 12.1. The van der Waals surface area contributed by atoms with E-state index in [4.69, 9.17) is 23.2 Å². The lowest BCUT2D eigenvalue weighted by Gasteiger charge is -2.34. The standard InChI is InChI=1S/C18H22Cl2N4O3S/c1-12(15-4-3-14(19)7-16(15)20)22-18(25)10-24-5-6-28(26,27)11-17(24)13-8-21-23(2)9-13/h3-4,7-9,12,17H,5-6,10-11H2,1-2H3,(H,22,25)/t12-,17+/m0/s1. The molecule has 1 saturated heterocycles. The van der Waals surface area contributed by atoms with Crippen LogP contribution in [-0.2, 0) is 21.7 Å². The normalized spacial score (nSPS) is 20.6. The molecule has 2 atom stereocenters. The Morgan fingerprint density at radius 1 is 1.39 bits per heavy atom. The van der Waals surface area contributed by atoms with Gasteiger partial charge in [-0.1, -0.05) is 29.3 Å². The number of amides is 1. The summed E-state index contributed by atoms with van der Waals surface area (Å²) in [5, 5.41) is 8.06. The van der Waals surface area contributed by atoms with Crippen LogP contribution in [0.2, 0.25) is 10.0 Å². The van der Waals surface area contributed by atoms with Crippen LogP contribution in [0.4, 0.5) is 0 Å². The van der Waals surface area contributed by atoms with Crippen molar-refractivity contribution in [2.75, 3.05) is 24.6 Å². The number of rotatable bonds is 5. The van der Waals surface area contributed by atoms with E-state index in [1.54, 1.807) is 42.3 Å². The summed E-state index contributed by atoms with van der Waals surface area (Å²) in [6.07, 6.45) is 3.43. The molecule has 2 heterocycles. The van der Waals surface area contributed by atoms with Gasteiger partial charge in [0.15, 0.2) is 9.84 Å². The summed E-state index contributed by atoms with van der Waals surface area (Å²) in [6, 6.07) is 4.44. The molecule has 152 valence electrons. The Bertz CT molecular complexity index is 977. The number of carbonyl (C=O) groups excluding carboxylic acids is 1. The first kappa shape index (κ1) is 21.1. The highest BCUT2D eigenvalue weighted by Crippen LogP contribution is 2.28. The van der Waals surface area contributed by atoms with Crippen LogP contribution >= 0.6 is 23.2 Å². The number of hydrogen-bond acceptors (Lipinski definition) is 5. The first-order chi connectivity index (χ1) is 13.1. The van der Waals surface area contributed by atoms with Gasteiger partial charge in [0, 0.05) is 35.4 Å². The highest BCUT2D eigenvalue weighted by Gasteiger charge is 2.34. The van der Waals surface area contributed by atoms with Crippen LogP contribution < -0.4 is 5.32 Å². The Balaban J connectivity index is 1.70. The van der Waals surface area contributed by atoms with Crippen molar-refractivity contribution >= 4 is 38.9 Å². The summed E-state index contributed by atoms with van der Waals surface area (Å²) in [4.78, 5) is 14.5. The van der Waals surface area contributed by atoms with E-state index in [9.17, 15) is 13.2 Å². The maximum atomic E-state index is 12.6. The lowest BCUT2D eigenvalue weighted by atomic mass is 10.1. The van der Waals surface area contributed by atoms with Crippen LogP contribution in [-0.4, -0.2) is 53.6 Å². The molecular formula is C18H22Cl2N4O3S. The average molecular weight is 445 g/mol. The summed E-state index contributed by atoms with van der Waals surface area (Å²) in [5.74, 6) is -0.188. The monoisotopic (exact) mass is 444 g/mol. The number of benzene rings is 1. The minimum Gasteiger partial charge on any atom is -0.348 e. The van der Waals surface area contributed by atoms with Crippen LogP contribution in [0.3, 0.4) is 0 Å². The molecule has 7 nitrogen and oxygen atoms in total. The summed E-state index contributed by atoms with van der Waals surface area (Å²) in [5.41, 5.74) is 1.55. The van der Waals surface area contributed by atoms with Crippen molar-refractivity contribution in [1.82, 2.24) is 20.0 Å². The molecule has 0 bridgehead atoms. The number of hydrogen-bond donors (Lipinski definition) is 1. The quantitative estimate of drug-likeness (QED) is 0.764. The van der Waals surface area contributed by atoms with Crippen molar-refractivity contribution in [3.63, 3.8) is 0 Å². The Morgan fingerprint density at radius 3 is 2.79 bits per heavy atom. The molecule has 1 aliphatic heterocycles. The molecule has 0 radical (unpaired) electrons. The fraction of sp³-hybridized carbons (Fsp3) is 0.444. The Kier molecular flexibility index (Phi) is 6.34. The van der Waals surface area contributed by atoms with Gasteiger partial charge in [-0.3, -0.25) is 14.4 Å². The largest absolute Gasteiger partial charge is 0.348 e.